The first-order chi connectivity index (χ1) is 6.57. The van der Waals surface area contributed by atoms with Crippen molar-refractivity contribution in [2.75, 3.05) is 19.6 Å². The molecule has 0 saturated carbocycles. The zero-order chi connectivity index (χ0) is 11.0. The Kier molecular flexibility index (Phi) is 6.62. The molecule has 0 fully saturated rings. The summed E-state index contributed by atoms with van der Waals surface area (Å²) in [5.74, 6) is 1.76. The molecular weight excluding hydrogens is 194 g/mol. The number of alkyl halides is 2. The highest BCUT2D eigenvalue weighted by molar-refractivity contribution is 5.78. The lowest BCUT2D eigenvalue weighted by atomic mass is 10.3. The third-order valence-corrected chi connectivity index (χ3v) is 1.31. The van der Waals surface area contributed by atoms with Crippen LogP contribution in [0.15, 0.2) is 0 Å². The fraction of sp³-hybridized carbons (Fsp3) is 0.625. The Morgan fingerprint density at radius 1 is 1.57 bits per heavy atom. The molecule has 0 aliphatic heterocycles. The Hall–Kier alpha value is -1.19. The summed E-state index contributed by atoms with van der Waals surface area (Å²) in [6, 6.07) is 0. The van der Waals surface area contributed by atoms with Crippen molar-refractivity contribution in [1.82, 2.24) is 10.6 Å². The maximum absolute atomic E-state index is 11.7. The Morgan fingerprint density at radius 2 is 2.21 bits per heavy atom. The van der Waals surface area contributed by atoms with Gasteiger partial charge in [-0.2, -0.15) is 0 Å². The average molecular weight is 206 g/mol. The van der Waals surface area contributed by atoms with Crippen molar-refractivity contribution >= 4 is 5.91 Å². The van der Waals surface area contributed by atoms with E-state index in [1.165, 1.54) is 0 Å². The van der Waals surface area contributed by atoms with Crippen molar-refractivity contribution in [3.8, 4) is 12.3 Å². The van der Waals surface area contributed by atoms with E-state index in [1.54, 1.807) is 0 Å². The van der Waals surface area contributed by atoms with Crippen LogP contribution in [-0.2, 0) is 4.79 Å². The Morgan fingerprint density at radius 3 is 2.71 bits per heavy atom. The van der Waals surface area contributed by atoms with Crippen molar-refractivity contribution in [2.24, 2.45) is 0 Å². The Bertz CT molecular complexity index is 216. The molecule has 0 radical (unpaired) electrons. The molecule has 0 aliphatic carbocycles. The molecule has 3 N–H and O–H groups in total. The number of nitrogens with one attached hydrogen (secondary N) is 2. The number of aliphatic hydroxyl groups is 1. The zero-order valence-corrected chi connectivity index (χ0v) is 7.46. The number of terminal acetylenes is 1. The molecule has 0 rings (SSSR count). The molecule has 6 heteroatoms. The summed E-state index contributed by atoms with van der Waals surface area (Å²) in [4.78, 5) is 10.8. The van der Waals surface area contributed by atoms with Gasteiger partial charge >= 0.3 is 0 Å². The van der Waals surface area contributed by atoms with E-state index in [2.05, 4.69) is 16.6 Å². The van der Waals surface area contributed by atoms with Crippen molar-refractivity contribution in [2.45, 2.75) is 12.5 Å². The zero-order valence-electron chi connectivity index (χ0n) is 7.46. The highest BCUT2D eigenvalue weighted by Gasteiger charge is 2.16. The first kappa shape index (κ1) is 12.8. The number of carbonyl (C=O) groups is 1. The molecule has 1 atom stereocenters. The second kappa shape index (κ2) is 7.24. The summed E-state index contributed by atoms with van der Waals surface area (Å²) in [7, 11) is 0. The number of amides is 1. The minimum atomic E-state index is -2.85. The fourth-order valence-electron chi connectivity index (χ4n) is 0.618. The molecule has 0 aromatic rings. The van der Waals surface area contributed by atoms with Crippen LogP contribution in [0, 0.1) is 12.3 Å². The van der Waals surface area contributed by atoms with Crippen LogP contribution in [0.5, 0.6) is 0 Å². The lowest BCUT2D eigenvalue weighted by Crippen LogP contribution is -2.40. The summed E-state index contributed by atoms with van der Waals surface area (Å²) in [5.41, 5.74) is 0. The number of aliphatic hydroxyl groups excluding tert-OH is 1. The van der Waals surface area contributed by atoms with Crippen LogP contribution < -0.4 is 10.6 Å². The standard InChI is InChI=1S/C8H12F2N2O2/c1-2-3-11-5-7(14)12-4-6(13)8(9)10/h1,6,8,11,13H,3-5H2,(H,12,14). The maximum Gasteiger partial charge on any atom is 0.265 e. The van der Waals surface area contributed by atoms with Gasteiger partial charge in [0.25, 0.3) is 6.43 Å². The summed E-state index contributed by atoms with van der Waals surface area (Å²) >= 11 is 0. The maximum atomic E-state index is 11.7. The van der Waals surface area contributed by atoms with Crippen molar-refractivity contribution in [3.63, 3.8) is 0 Å². The van der Waals surface area contributed by atoms with E-state index in [9.17, 15) is 13.6 Å². The van der Waals surface area contributed by atoms with E-state index in [0.29, 0.717) is 0 Å². The number of hydrogen-bond donors (Lipinski definition) is 3. The molecule has 1 amide bonds. The van der Waals surface area contributed by atoms with Gasteiger partial charge in [-0.25, -0.2) is 8.78 Å². The van der Waals surface area contributed by atoms with Crippen LogP contribution in [0.2, 0.25) is 0 Å². The van der Waals surface area contributed by atoms with Crippen LogP contribution in [-0.4, -0.2) is 43.2 Å². The third-order valence-electron chi connectivity index (χ3n) is 1.31. The largest absolute Gasteiger partial charge is 0.385 e. The highest BCUT2D eigenvalue weighted by atomic mass is 19.3. The quantitative estimate of drug-likeness (QED) is 0.384. The van der Waals surface area contributed by atoms with Crippen molar-refractivity contribution in [3.05, 3.63) is 0 Å². The van der Waals surface area contributed by atoms with E-state index in [4.69, 9.17) is 11.5 Å². The second-order valence-electron chi connectivity index (χ2n) is 2.51. The third kappa shape index (κ3) is 6.34. The molecular formula is C8H12F2N2O2. The van der Waals surface area contributed by atoms with E-state index in [-0.39, 0.29) is 13.1 Å². The Balaban J connectivity index is 3.50. The van der Waals surface area contributed by atoms with Gasteiger partial charge in [-0.3, -0.25) is 10.1 Å². The predicted octanol–water partition coefficient (Wildman–Crippen LogP) is -1.05. The number of carbonyl (C=O) groups excluding carboxylic acids is 1. The lowest BCUT2D eigenvalue weighted by molar-refractivity contribution is -0.121. The first-order valence-electron chi connectivity index (χ1n) is 3.95. The van der Waals surface area contributed by atoms with E-state index in [0.717, 1.165) is 0 Å². The molecule has 1 unspecified atom stereocenters. The minimum absolute atomic E-state index is 0.0554. The number of halogens is 2. The molecule has 0 spiro atoms. The van der Waals surface area contributed by atoms with Crippen molar-refractivity contribution < 1.29 is 18.7 Å². The van der Waals surface area contributed by atoms with Gasteiger partial charge in [-0.1, -0.05) is 5.92 Å². The van der Waals surface area contributed by atoms with Gasteiger partial charge in [0.15, 0.2) is 0 Å². The number of rotatable bonds is 6. The SMILES string of the molecule is C#CCNCC(=O)NCC(O)C(F)F. The average Bonchev–Trinajstić information content (AvgIpc) is 2.14. The van der Waals surface area contributed by atoms with Crippen LogP contribution in [0.4, 0.5) is 8.78 Å². The molecule has 14 heavy (non-hydrogen) atoms. The smallest absolute Gasteiger partial charge is 0.265 e. The van der Waals surface area contributed by atoms with Crippen molar-refractivity contribution in [1.29, 1.82) is 0 Å². The molecule has 0 saturated heterocycles. The van der Waals surface area contributed by atoms with E-state index >= 15 is 0 Å². The van der Waals surface area contributed by atoms with Gasteiger partial charge in [-0.05, 0) is 0 Å². The summed E-state index contributed by atoms with van der Waals surface area (Å²) in [6.45, 7) is -0.292. The second-order valence-corrected chi connectivity index (χ2v) is 2.51. The van der Waals surface area contributed by atoms with Crippen LogP contribution in [0.3, 0.4) is 0 Å². The molecule has 0 bridgehead atoms. The molecule has 80 valence electrons. The molecule has 0 aromatic heterocycles. The van der Waals surface area contributed by atoms with Gasteiger partial charge in [0.1, 0.15) is 6.10 Å². The van der Waals surface area contributed by atoms with Gasteiger partial charge in [-0.15, -0.1) is 6.42 Å². The summed E-state index contributed by atoms with van der Waals surface area (Å²) in [5, 5.41) is 13.3. The monoisotopic (exact) mass is 206 g/mol. The summed E-state index contributed by atoms with van der Waals surface area (Å²) < 4.78 is 23.5. The van der Waals surface area contributed by atoms with Gasteiger partial charge in [0.2, 0.25) is 5.91 Å². The van der Waals surface area contributed by atoms with Gasteiger partial charge < -0.3 is 10.4 Å². The van der Waals surface area contributed by atoms with Crippen LogP contribution in [0.1, 0.15) is 0 Å². The minimum Gasteiger partial charge on any atom is -0.385 e. The van der Waals surface area contributed by atoms with E-state index in [1.807, 2.05) is 0 Å². The molecule has 0 aliphatic rings. The first-order valence-corrected chi connectivity index (χ1v) is 3.95. The normalized spacial score (nSPS) is 12.2. The van der Waals surface area contributed by atoms with Gasteiger partial charge in [0.05, 0.1) is 13.1 Å². The lowest BCUT2D eigenvalue weighted by Gasteiger charge is -2.10. The summed E-state index contributed by atoms with van der Waals surface area (Å²) in [6.07, 6.45) is 0.213. The Labute approximate surface area is 80.7 Å². The molecule has 0 heterocycles. The number of hydrogen-bond acceptors (Lipinski definition) is 3. The predicted molar refractivity (Wildman–Crippen MR) is 46.7 cm³/mol. The van der Waals surface area contributed by atoms with Gasteiger partial charge in [0, 0.05) is 6.54 Å². The molecule has 4 nitrogen and oxygen atoms in total. The van der Waals surface area contributed by atoms with E-state index < -0.39 is 25.0 Å². The highest BCUT2D eigenvalue weighted by Crippen LogP contribution is 1.97. The van der Waals surface area contributed by atoms with Crippen LogP contribution in [0.25, 0.3) is 0 Å². The molecule has 0 aromatic carbocycles. The van der Waals surface area contributed by atoms with Crippen LogP contribution >= 0.6 is 0 Å². The fourth-order valence-corrected chi connectivity index (χ4v) is 0.618. The topological polar surface area (TPSA) is 61.4 Å².